The molecule has 0 spiro atoms. The van der Waals surface area contributed by atoms with Gasteiger partial charge in [0.15, 0.2) is 0 Å². The van der Waals surface area contributed by atoms with Crippen LogP contribution in [0.3, 0.4) is 0 Å². The van der Waals surface area contributed by atoms with E-state index in [0.717, 1.165) is 32.1 Å². The fourth-order valence-corrected chi connectivity index (χ4v) is 3.03. The zero-order chi connectivity index (χ0) is 13.9. The van der Waals surface area contributed by atoms with Gasteiger partial charge in [0.2, 0.25) is 0 Å². The zero-order valence-corrected chi connectivity index (χ0v) is 11.7. The molecule has 2 rings (SSSR count). The smallest absolute Gasteiger partial charge is 0.329 e. The van der Waals surface area contributed by atoms with Crippen LogP contribution in [0.2, 0.25) is 0 Å². The van der Waals surface area contributed by atoms with Gasteiger partial charge in [0.05, 0.1) is 0 Å². The minimum Gasteiger partial charge on any atom is -0.480 e. The van der Waals surface area contributed by atoms with E-state index in [4.69, 9.17) is 0 Å². The molecule has 2 saturated carbocycles. The molecule has 0 saturated heterocycles. The Morgan fingerprint density at radius 3 is 2.11 bits per heavy atom. The first-order valence-corrected chi connectivity index (χ1v) is 7.33. The Bertz CT molecular complexity index is 345. The molecule has 0 radical (unpaired) electrons. The highest BCUT2D eigenvalue weighted by atomic mass is 16.4. The number of urea groups is 1. The first kappa shape index (κ1) is 14.2. The quantitative estimate of drug-likeness (QED) is 0.772. The highest BCUT2D eigenvalue weighted by Crippen LogP contribution is 2.32. The molecule has 0 aliphatic heterocycles. The molecule has 2 aliphatic carbocycles. The number of amides is 2. The van der Waals surface area contributed by atoms with Gasteiger partial charge in [0.25, 0.3) is 0 Å². The van der Waals surface area contributed by atoms with Gasteiger partial charge in [-0.25, -0.2) is 9.59 Å². The largest absolute Gasteiger partial charge is 0.480 e. The third-order valence-corrected chi connectivity index (χ3v) is 4.66. The predicted molar refractivity (Wildman–Crippen MR) is 72.0 cm³/mol. The van der Waals surface area contributed by atoms with Crippen LogP contribution < -0.4 is 5.32 Å². The molecule has 0 unspecified atom stereocenters. The van der Waals surface area contributed by atoms with Gasteiger partial charge in [-0.05, 0) is 32.1 Å². The molecule has 0 aromatic carbocycles. The van der Waals surface area contributed by atoms with Crippen LogP contribution in [0.4, 0.5) is 4.79 Å². The van der Waals surface area contributed by atoms with Crippen LogP contribution in [-0.2, 0) is 4.79 Å². The lowest BCUT2D eigenvalue weighted by Gasteiger charge is -2.40. The van der Waals surface area contributed by atoms with Crippen molar-refractivity contribution in [3.05, 3.63) is 0 Å². The van der Waals surface area contributed by atoms with Crippen molar-refractivity contribution in [2.75, 3.05) is 7.05 Å². The summed E-state index contributed by atoms with van der Waals surface area (Å²) < 4.78 is 0. The van der Waals surface area contributed by atoms with E-state index < -0.39 is 11.5 Å². The minimum atomic E-state index is -1.00. The number of nitrogens with one attached hydrogen (secondary N) is 1. The van der Waals surface area contributed by atoms with Crippen molar-refractivity contribution in [1.82, 2.24) is 10.2 Å². The third kappa shape index (κ3) is 3.01. The second-order valence-electron chi connectivity index (χ2n) is 5.93. The lowest BCUT2D eigenvalue weighted by Crippen LogP contribution is -2.62. The second-order valence-corrected chi connectivity index (χ2v) is 5.93. The van der Waals surface area contributed by atoms with Crippen molar-refractivity contribution >= 4 is 12.0 Å². The molecule has 0 atom stereocenters. The second kappa shape index (κ2) is 5.80. The zero-order valence-electron chi connectivity index (χ0n) is 11.7. The molecule has 0 heterocycles. The number of aliphatic carboxylic acids is 1. The average Bonchev–Trinajstić information content (AvgIpc) is 2.60. The first-order chi connectivity index (χ1) is 9.05. The number of hydrogen-bond acceptors (Lipinski definition) is 2. The monoisotopic (exact) mass is 268 g/mol. The maximum atomic E-state index is 12.2. The van der Waals surface area contributed by atoms with Crippen LogP contribution in [0.15, 0.2) is 0 Å². The van der Waals surface area contributed by atoms with Gasteiger partial charge in [-0.3, -0.25) is 0 Å². The number of carbonyl (C=O) groups excluding carboxylic acids is 1. The molecule has 2 fully saturated rings. The molecule has 0 bridgehead atoms. The molecule has 0 aromatic heterocycles. The van der Waals surface area contributed by atoms with Crippen molar-refractivity contribution in [3.63, 3.8) is 0 Å². The van der Waals surface area contributed by atoms with Crippen LogP contribution >= 0.6 is 0 Å². The fourth-order valence-electron chi connectivity index (χ4n) is 3.03. The fraction of sp³-hybridized carbons (Fsp3) is 0.857. The van der Waals surface area contributed by atoms with Gasteiger partial charge in [0, 0.05) is 13.1 Å². The van der Waals surface area contributed by atoms with Crippen LogP contribution in [0.5, 0.6) is 0 Å². The molecule has 19 heavy (non-hydrogen) atoms. The summed E-state index contributed by atoms with van der Waals surface area (Å²) in [7, 11) is 1.79. The first-order valence-electron chi connectivity index (χ1n) is 7.33. The van der Waals surface area contributed by atoms with E-state index in [1.807, 2.05) is 0 Å². The topological polar surface area (TPSA) is 69.6 Å². The van der Waals surface area contributed by atoms with Crippen molar-refractivity contribution < 1.29 is 14.7 Å². The van der Waals surface area contributed by atoms with Gasteiger partial charge in [-0.15, -0.1) is 0 Å². The summed E-state index contributed by atoms with van der Waals surface area (Å²) in [5.41, 5.74) is -1.00. The molecule has 2 amide bonds. The Kier molecular flexibility index (Phi) is 4.32. The van der Waals surface area contributed by atoms with Crippen molar-refractivity contribution in [3.8, 4) is 0 Å². The molecule has 5 heteroatoms. The van der Waals surface area contributed by atoms with Gasteiger partial charge in [-0.2, -0.15) is 0 Å². The molecule has 5 nitrogen and oxygen atoms in total. The number of carboxylic acids is 1. The molecular formula is C14H24N2O3. The maximum absolute atomic E-state index is 12.2. The van der Waals surface area contributed by atoms with Crippen molar-refractivity contribution in [2.24, 2.45) is 0 Å². The number of rotatable bonds is 3. The summed E-state index contributed by atoms with van der Waals surface area (Å²) in [4.78, 5) is 25.2. The normalized spacial score (nSPS) is 23.0. The summed E-state index contributed by atoms with van der Waals surface area (Å²) in [6.45, 7) is 0. The van der Waals surface area contributed by atoms with Gasteiger partial charge < -0.3 is 15.3 Å². The summed E-state index contributed by atoms with van der Waals surface area (Å²) >= 11 is 0. The van der Waals surface area contributed by atoms with E-state index in [0.29, 0.717) is 12.8 Å². The standard InChI is InChI=1S/C14H24N2O3/c1-16(11-7-4-2-3-5-8-11)13(19)15-14(12(17)18)9-6-10-14/h11H,2-10H2,1H3,(H,15,19)(H,17,18). The Labute approximate surface area is 114 Å². The number of carboxylic acid groups (broad SMARTS) is 1. The number of nitrogens with zero attached hydrogens (tertiary/aromatic N) is 1. The molecule has 108 valence electrons. The minimum absolute atomic E-state index is 0.228. The van der Waals surface area contributed by atoms with Crippen LogP contribution in [0, 0.1) is 0 Å². The van der Waals surface area contributed by atoms with E-state index in [-0.39, 0.29) is 12.1 Å². The van der Waals surface area contributed by atoms with Gasteiger partial charge >= 0.3 is 12.0 Å². The Morgan fingerprint density at radius 1 is 1.11 bits per heavy atom. The maximum Gasteiger partial charge on any atom is 0.329 e. The number of hydrogen-bond donors (Lipinski definition) is 2. The molecule has 0 aromatic rings. The van der Waals surface area contributed by atoms with Gasteiger partial charge in [0.1, 0.15) is 5.54 Å². The molecule has 2 N–H and O–H groups in total. The Balaban J connectivity index is 1.93. The Hall–Kier alpha value is -1.26. The van der Waals surface area contributed by atoms with E-state index in [1.165, 1.54) is 12.8 Å². The predicted octanol–water partition coefficient (Wildman–Crippen LogP) is 2.36. The summed E-state index contributed by atoms with van der Waals surface area (Å²) in [6, 6.07) is 0.0300. The molecular weight excluding hydrogens is 244 g/mol. The average molecular weight is 268 g/mol. The van der Waals surface area contributed by atoms with E-state index >= 15 is 0 Å². The highest BCUT2D eigenvalue weighted by molar-refractivity contribution is 5.87. The lowest BCUT2D eigenvalue weighted by molar-refractivity contribution is -0.148. The van der Waals surface area contributed by atoms with E-state index in [2.05, 4.69) is 5.32 Å². The van der Waals surface area contributed by atoms with E-state index in [9.17, 15) is 14.7 Å². The van der Waals surface area contributed by atoms with Crippen molar-refractivity contribution in [1.29, 1.82) is 0 Å². The Morgan fingerprint density at radius 2 is 1.68 bits per heavy atom. The van der Waals surface area contributed by atoms with Crippen molar-refractivity contribution in [2.45, 2.75) is 69.4 Å². The van der Waals surface area contributed by atoms with Crippen LogP contribution in [0.1, 0.15) is 57.8 Å². The lowest BCUT2D eigenvalue weighted by atomic mass is 9.77. The summed E-state index contributed by atoms with van der Waals surface area (Å²) in [5.74, 6) is -0.902. The van der Waals surface area contributed by atoms with Gasteiger partial charge in [-0.1, -0.05) is 25.7 Å². The third-order valence-electron chi connectivity index (χ3n) is 4.66. The molecule has 2 aliphatic rings. The SMILES string of the molecule is CN(C(=O)NC1(C(=O)O)CCC1)C1CCCCCC1. The highest BCUT2D eigenvalue weighted by Gasteiger charge is 2.46. The van der Waals surface area contributed by atoms with E-state index in [1.54, 1.807) is 11.9 Å². The summed E-state index contributed by atoms with van der Waals surface area (Å²) in [5, 5.41) is 12.0. The van der Waals surface area contributed by atoms with Crippen LogP contribution in [-0.4, -0.2) is 40.6 Å². The number of carbonyl (C=O) groups is 2. The van der Waals surface area contributed by atoms with Crippen LogP contribution in [0.25, 0.3) is 0 Å². The summed E-state index contributed by atoms with van der Waals surface area (Å²) in [6.07, 6.45) is 8.83.